The highest BCUT2D eigenvalue weighted by Gasteiger charge is 2.16. The quantitative estimate of drug-likeness (QED) is 0.747. The van der Waals surface area contributed by atoms with E-state index >= 15 is 0 Å². The van der Waals surface area contributed by atoms with Crippen LogP contribution in [0.2, 0.25) is 0 Å². The number of rotatable bonds is 3. The Hall–Kier alpha value is -1.84. The third-order valence-electron chi connectivity index (χ3n) is 2.56. The van der Waals surface area contributed by atoms with Gasteiger partial charge in [0.25, 0.3) is 5.91 Å². The number of hydrogen-bond acceptors (Lipinski definition) is 3. The number of ether oxygens (including phenoxy) is 1. The first-order valence-electron chi connectivity index (χ1n) is 5.35. The average Bonchev–Trinajstić information content (AvgIpc) is 2.31. The average molecular weight is 235 g/mol. The van der Waals surface area contributed by atoms with Crippen LogP contribution in [0.1, 0.15) is 21.5 Å². The zero-order chi connectivity index (χ0) is 13.0. The highest BCUT2D eigenvalue weighted by atomic mass is 16.5. The molecule has 0 spiro atoms. The predicted octanol–water partition coefficient (Wildman–Crippen LogP) is 1.55. The Balaban J connectivity index is 2.88. The summed E-state index contributed by atoms with van der Waals surface area (Å²) in [5, 5.41) is 0. The molecule has 0 N–H and O–H groups in total. The van der Waals surface area contributed by atoms with Gasteiger partial charge < -0.3 is 9.64 Å². The minimum absolute atomic E-state index is 0.0390. The molecule has 0 atom stereocenters. The second-order valence-electron chi connectivity index (χ2n) is 4.06. The van der Waals surface area contributed by atoms with E-state index in [-0.39, 0.29) is 12.5 Å². The Morgan fingerprint density at radius 1 is 1.29 bits per heavy atom. The highest BCUT2D eigenvalue weighted by Crippen LogP contribution is 2.12. The first-order valence-corrected chi connectivity index (χ1v) is 5.35. The highest BCUT2D eigenvalue weighted by molar-refractivity contribution is 5.97. The standard InChI is InChI=1S/C13H17NO3/c1-9-5-6-10(2)11(7-9)13(16)14(3)8-12(15)17-4/h5-7H,8H2,1-4H3. The fourth-order valence-electron chi connectivity index (χ4n) is 1.50. The van der Waals surface area contributed by atoms with Crippen LogP contribution in [-0.4, -0.2) is 37.5 Å². The lowest BCUT2D eigenvalue weighted by Gasteiger charge is -2.17. The molecule has 0 aliphatic rings. The number of carbonyl (C=O) groups is 2. The van der Waals surface area contributed by atoms with Gasteiger partial charge in [0.1, 0.15) is 6.54 Å². The molecule has 4 nitrogen and oxygen atoms in total. The van der Waals surface area contributed by atoms with Crippen molar-refractivity contribution < 1.29 is 14.3 Å². The van der Waals surface area contributed by atoms with Gasteiger partial charge in [0.2, 0.25) is 0 Å². The normalized spacial score (nSPS) is 9.88. The summed E-state index contributed by atoms with van der Waals surface area (Å²) in [6, 6.07) is 5.67. The Labute approximate surface area is 101 Å². The minimum Gasteiger partial charge on any atom is -0.468 e. The van der Waals surface area contributed by atoms with Gasteiger partial charge in [0.15, 0.2) is 0 Å². The van der Waals surface area contributed by atoms with E-state index in [1.807, 2.05) is 32.0 Å². The summed E-state index contributed by atoms with van der Waals surface area (Å²) in [5.41, 5.74) is 2.54. The van der Waals surface area contributed by atoms with Crippen LogP contribution in [0.5, 0.6) is 0 Å². The van der Waals surface area contributed by atoms with Crippen molar-refractivity contribution in [1.82, 2.24) is 4.90 Å². The minimum atomic E-state index is -0.425. The van der Waals surface area contributed by atoms with Gasteiger partial charge >= 0.3 is 5.97 Å². The number of methoxy groups -OCH3 is 1. The van der Waals surface area contributed by atoms with Crippen molar-refractivity contribution in [2.75, 3.05) is 20.7 Å². The summed E-state index contributed by atoms with van der Waals surface area (Å²) in [5.74, 6) is -0.595. The number of nitrogens with zero attached hydrogens (tertiary/aromatic N) is 1. The summed E-state index contributed by atoms with van der Waals surface area (Å²) < 4.78 is 4.53. The van der Waals surface area contributed by atoms with Crippen molar-refractivity contribution in [1.29, 1.82) is 0 Å². The summed E-state index contributed by atoms with van der Waals surface area (Å²) in [4.78, 5) is 24.5. The van der Waals surface area contributed by atoms with Crippen molar-refractivity contribution in [2.24, 2.45) is 0 Å². The smallest absolute Gasteiger partial charge is 0.325 e. The maximum atomic E-state index is 12.1. The Kier molecular flexibility index (Phi) is 4.26. The molecule has 0 heterocycles. The predicted molar refractivity (Wildman–Crippen MR) is 64.9 cm³/mol. The zero-order valence-electron chi connectivity index (χ0n) is 10.6. The van der Waals surface area contributed by atoms with Gasteiger partial charge in [-0.15, -0.1) is 0 Å². The maximum Gasteiger partial charge on any atom is 0.325 e. The molecule has 0 aliphatic heterocycles. The molecule has 92 valence electrons. The van der Waals surface area contributed by atoms with Gasteiger partial charge in [-0.2, -0.15) is 0 Å². The molecule has 4 heteroatoms. The number of aryl methyl sites for hydroxylation is 2. The molecule has 1 rings (SSSR count). The summed E-state index contributed by atoms with van der Waals surface area (Å²) >= 11 is 0. The van der Waals surface area contributed by atoms with E-state index in [9.17, 15) is 9.59 Å². The molecule has 0 aromatic heterocycles. The van der Waals surface area contributed by atoms with Crippen LogP contribution in [0.15, 0.2) is 18.2 Å². The molecule has 17 heavy (non-hydrogen) atoms. The van der Waals surface area contributed by atoms with Crippen LogP contribution in [-0.2, 0) is 9.53 Å². The van der Waals surface area contributed by atoms with E-state index in [0.29, 0.717) is 5.56 Å². The lowest BCUT2D eigenvalue weighted by Crippen LogP contribution is -2.33. The van der Waals surface area contributed by atoms with Crippen molar-refractivity contribution in [2.45, 2.75) is 13.8 Å². The monoisotopic (exact) mass is 235 g/mol. The van der Waals surface area contributed by atoms with Gasteiger partial charge in [-0.1, -0.05) is 17.7 Å². The Morgan fingerprint density at radius 2 is 1.94 bits per heavy atom. The van der Waals surface area contributed by atoms with Crippen LogP contribution in [0.4, 0.5) is 0 Å². The Morgan fingerprint density at radius 3 is 2.53 bits per heavy atom. The molecule has 0 unspecified atom stereocenters. The van der Waals surface area contributed by atoms with Crippen LogP contribution in [0.25, 0.3) is 0 Å². The van der Waals surface area contributed by atoms with E-state index in [0.717, 1.165) is 11.1 Å². The first kappa shape index (κ1) is 13.2. The van der Waals surface area contributed by atoms with Gasteiger partial charge in [-0.25, -0.2) is 0 Å². The van der Waals surface area contributed by atoms with E-state index in [2.05, 4.69) is 4.74 Å². The third kappa shape index (κ3) is 3.31. The Bertz CT molecular complexity index is 440. The molecule has 0 bridgehead atoms. The SMILES string of the molecule is COC(=O)CN(C)C(=O)c1cc(C)ccc1C. The topological polar surface area (TPSA) is 46.6 Å². The van der Waals surface area contributed by atoms with E-state index in [1.165, 1.54) is 12.0 Å². The third-order valence-corrected chi connectivity index (χ3v) is 2.56. The molecular formula is C13H17NO3. The summed E-state index contributed by atoms with van der Waals surface area (Å²) in [6.07, 6.45) is 0. The molecule has 1 amide bonds. The van der Waals surface area contributed by atoms with Crippen LogP contribution >= 0.6 is 0 Å². The largest absolute Gasteiger partial charge is 0.468 e. The number of likely N-dealkylation sites (N-methyl/N-ethyl adjacent to an activating group) is 1. The van der Waals surface area contributed by atoms with Crippen molar-refractivity contribution >= 4 is 11.9 Å². The van der Waals surface area contributed by atoms with Gasteiger partial charge in [0.05, 0.1) is 7.11 Å². The second-order valence-corrected chi connectivity index (χ2v) is 4.06. The molecule has 0 aliphatic carbocycles. The molecule has 1 aromatic rings. The summed E-state index contributed by atoms with van der Waals surface area (Å²) in [7, 11) is 2.89. The fraction of sp³-hybridized carbons (Fsp3) is 0.385. The van der Waals surface area contributed by atoms with Crippen molar-refractivity contribution in [3.8, 4) is 0 Å². The number of amides is 1. The van der Waals surface area contributed by atoms with Crippen LogP contribution < -0.4 is 0 Å². The van der Waals surface area contributed by atoms with Gasteiger partial charge in [-0.3, -0.25) is 9.59 Å². The summed E-state index contributed by atoms with van der Waals surface area (Å²) in [6.45, 7) is 3.76. The lowest BCUT2D eigenvalue weighted by atomic mass is 10.0. The lowest BCUT2D eigenvalue weighted by molar-refractivity contribution is -0.141. The number of benzene rings is 1. The van der Waals surface area contributed by atoms with E-state index < -0.39 is 5.97 Å². The van der Waals surface area contributed by atoms with Crippen molar-refractivity contribution in [3.05, 3.63) is 34.9 Å². The number of hydrogen-bond donors (Lipinski definition) is 0. The van der Waals surface area contributed by atoms with Crippen molar-refractivity contribution in [3.63, 3.8) is 0 Å². The van der Waals surface area contributed by atoms with Gasteiger partial charge in [-0.05, 0) is 25.5 Å². The molecular weight excluding hydrogens is 218 g/mol. The molecule has 0 saturated carbocycles. The molecule has 0 radical (unpaired) electrons. The number of carbonyl (C=O) groups excluding carboxylic acids is 2. The molecule has 0 saturated heterocycles. The van der Waals surface area contributed by atoms with E-state index in [4.69, 9.17) is 0 Å². The van der Waals surface area contributed by atoms with E-state index in [1.54, 1.807) is 7.05 Å². The van der Waals surface area contributed by atoms with Crippen LogP contribution in [0.3, 0.4) is 0 Å². The fourth-order valence-corrected chi connectivity index (χ4v) is 1.50. The van der Waals surface area contributed by atoms with Gasteiger partial charge in [0, 0.05) is 12.6 Å². The van der Waals surface area contributed by atoms with Crippen LogP contribution in [0, 0.1) is 13.8 Å². The maximum absolute atomic E-state index is 12.1. The first-order chi connectivity index (χ1) is 7.95. The molecule has 0 fully saturated rings. The second kappa shape index (κ2) is 5.48. The zero-order valence-corrected chi connectivity index (χ0v) is 10.6. The number of esters is 1. The molecule has 1 aromatic carbocycles.